The Morgan fingerprint density at radius 1 is 1.15 bits per heavy atom. The monoisotopic (exact) mass is 577 g/mol. The second-order valence-electron chi connectivity index (χ2n) is 8.18. The minimum Gasteiger partial charge on any atom is -0.487 e. The molecule has 10 heteroatoms. The van der Waals surface area contributed by atoms with Crippen molar-refractivity contribution in [3.05, 3.63) is 76.1 Å². The number of hydrogen-bond donors (Lipinski definition) is 2. The van der Waals surface area contributed by atoms with Gasteiger partial charge in [0.05, 0.1) is 32.7 Å². The van der Waals surface area contributed by atoms with E-state index in [0.717, 1.165) is 21.5 Å². The molecule has 0 saturated heterocycles. The highest BCUT2D eigenvalue weighted by Gasteiger charge is 2.10. The Hall–Kier alpha value is -4.18. The quantitative estimate of drug-likeness (QED) is 0.151. The van der Waals surface area contributed by atoms with Crippen LogP contribution >= 0.6 is 22.9 Å². The largest absolute Gasteiger partial charge is 0.487 e. The summed E-state index contributed by atoms with van der Waals surface area (Å²) in [6.45, 7) is 4.44. The van der Waals surface area contributed by atoms with Crippen molar-refractivity contribution in [3.63, 3.8) is 0 Å². The van der Waals surface area contributed by atoms with Crippen LogP contribution in [-0.4, -0.2) is 22.4 Å². The number of carbonyl (C=O) groups excluding carboxylic acids is 1. The number of hydrogen-bond acceptors (Lipinski definition) is 7. The third kappa shape index (κ3) is 9.23. The smallest absolute Gasteiger partial charge is 0.220 e. The number of nitrogens with one attached hydrogen (secondary N) is 2. The summed E-state index contributed by atoms with van der Waals surface area (Å²) >= 11 is 7.86. The van der Waals surface area contributed by atoms with Gasteiger partial charge in [-0.25, -0.2) is 14.4 Å². The van der Waals surface area contributed by atoms with E-state index in [0.29, 0.717) is 47.1 Å². The molecule has 1 amide bonds. The SMILES string of the molecule is CC.N#CCCCCC(=O)NCC#Cc1cc2ncnc(Nc3ccc(OCc4cccc(F)c4)c(Cl)c3)c2s1. The molecule has 2 aromatic heterocycles. The number of anilines is 2. The van der Waals surface area contributed by atoms with Crippen LogP contribution in [0, 0.1) is 29.0 Å². The Morgan fingerprint density at radius 3 is 2.77 bits per heavy atom. The Kier molecular flexibility index (Phi) is 12.2. The number of ether oxygens (including phenoxy) is 1. The van der Waals surface area contributed by atoms with Crippen LogP contribution in [0.2, 0.25) is 5.02 Å². The van der Waals surface area contributed by atoms with Crippen LogP contribution in [0.4, 0.5) is 15.9 Å². The van der Waals surface area contributed by atoms with Gasteiger partial charge in [0, 0.05) is 18.5 Å². The van der Waals surface area contributed by atoms with Gasteiger partial charge in [-0.2, -0.15) is 5.26 Å². The number of fused-ring (bicyclic) bond motifs is 1. The second-order valence-corrected chi connectivity index (χ2v) is 9.64. The average Bonchev–Trinajstić information content (AvgIpc) is 3.38. The maximum Gasteiger partial charge on any atom is 0.220 e. The molecule has 0 aliphatic carbocycles. The van der Waals surface area contributed by atoms with Crippen molar-refractivity contribution >= 4 is 50.6 Å². The number of carbonyl (C=O) groups is 1. The van der Waals surface area contributed by atoms with Crippen LogP contribution in [0.25, 0.3) is 10.2 Å². The molecule has 7 nitrogen and oxygen atoms in total. The first-order valence-electron chi connectivity index (χ1n) is 12.8. The molecule has 2 N–H and O–H groups in total. The van der Waals surface area contributed by atoms with E-state index in [1.54, 1.807) is 24.3 Å². The van der Waals surface area contributed by atoms with Crippen molar-refractivity contribution < 1.29 is 13.9 Å². The molecule has 4 aromatic rings. The molecule has 0 unspecified atom stereocenters. The minimum atomic E-state index is -0.318. The lowest BCUT2D eigenvalue weighted by molar-refractivity contribution is -0.120. The summed E-state index contributed by atoms with van der Waals surface area (Å²) in [5.41, 5.74) is 2.17. The van der Waals surface area contributed by atoms with Crippen molar-refractivity contribution in [3.8, 4) is 23.7 Å². The van der Waals surface area contributed by atoms with Gasteiger partial charge in [-0.1, -0.05) is 49.4 Å². The van der Waals surface area contributed by atoms with Crippen molar-refractivity contribution in [2.75, 3.05) is 11.9 Å². The standard InChI is InChI=1S/C28H23ClFN5O2S.C2H6/c29-23-15-21(10-11-25(23)37-17-19-6-4-7-20(30)14-19)35-28-27-24(33-18-34-28)16-22(38-27)8-5-13-32-26(36)9-2-1-3-12-31;1-2/h4,6-7,10-11,14-16,18H,1-3,9,13,17H2,(H,32,36)(H,33,34,35);1-2H3. The van der Waals surface area contributed by atoms with Gasteiger partial charge in [-0.3, -0.25) is 4.79 Å². The van der Waals surface area contributed by atoms with Crippen molar-refractivity contribution in [1.29, 1.82) is 5.26 Å². The van der Waals surface area contributed by atoms with Gasteiger partial charge in [0.25, 0.3) is 0 Å². The maximum absolute atomic E-state index is 13.4. The molecule has 0 atom stereocenters. The average molecular weight is 578 g/mol. The lowest BCUT2D eigenvalue weighted by Crippen LogP contribution is -2.23. The fourth-order valence-electron chi connectivity index (χ4n) is 3.48. The summed E-state index contributed by atoms with van der Waals surface area (Å²) in [6, 6.07) is 15.4. The number of benzene rings is 2. The number of halogens is 2. The molecule has 2 aromatic carbocycles. The molecule has 0 aliphatic heterocycles. The number of nitrogens with zero attached hydrogens (tertiary/aromatic N) is 3. The molecule has 0 bridgehead atoms. The fraction of sp³-hybridized carbons (Fsp3) is 0.267. The second kappa shape index (κ2) is 16.0. The zero-order valence-electron chi connectivity index (χ0n) is 22.3. The zero-order chi connectivity index (χ0) is 28.7. The molecule has 206 valence electrons. The Balaban J connectivity index is 0.00000216. The molecule has 0 spiro atoms. The molecule has 0 fully saturated rings. The van der Waals surface area contributed by atoms with E-state index in [-0.39, 0.29) is 24.9 Å². The normalized spacial score (nSPS) is 9.97. The molecule has 0 aliphatic rings. The van der Waals surface area contributed by atoms with E-state index in [9.17, 15) is 9.18 Å². The topological polar surface area (TPSA) is 99.9 Å². The van der Waals surface area contributed by atoms with Crippen LogP contribution in [-0.2, 0) is 11.4 Å². The summed E-state index contributed by atoms with van der Waals surface area (Å²) in [4.78, 5) is 21.3. The Morgan fingerprint density at radius 2 is 2.00 bits per heavy atom. The van der Waals surface area contributed by atoms with E-state index in [1.165, 1.54) is 29.8 Å². The predicted octanol–water partition coefficient (Wildman–Crippen LogP) is 7.38. The van der Waals surface area contributed by atoms with Crippen molar-refractivity contribution in [1.82, 2.24) is 15.3 Å². The summed E-state index contributed by atoms with van der Waals surface area (Å²) in [5.74, 6) is 6.72. The number of amides is 1. The summed E-state index contributed by atoms with van der Waals surface area (Å²) < 4.78 is 20.0. The maximum atomic E-state index is 13.4. The summed E-state index contributed by atoms with van der Waals surface area (Å²) in [7, 11) is 0. The third-order valence-electron chi connectivity index (χ3n) is 5.32. The number of thiophene rings is 1. The molecule has 2 heterocycles. The van der Waals surface area contributed by atoms with Crippen LogP contribution in [0.3, 0.4) is 0 Å². The van der Waals surface area contributed by atoms with Gasteiger partial charge < -0.3 is 15.4 Å². The van der Waals surface area contributed by atoms with Crippen molar-refractivity contribution in [2.45, 2.75) is 46.1 Å². The van der Waals surface area contributed by atoms with Gasteiger partial charge in [0.15, 0.2) is 5.82 Å². The minimum absolute atomic E-state index is 0.0741. The zero-order valence-corrected chi connectivity index (χ0v) is 23.8. The van der Waals surface area contributed by atoms with Gasteiger partial charge in [0.1, 0.15) is 24.5 Å². The highest BCUT2D eigenvalue weighted by molar-refractivity contribution is 7.20. The fourth-order valence-corrected chi connectivity index (χ4v) is 4.64. The van der Waals surface area contributed by atoms with Crippen molar-refractivity contribution in [2.24, 2.45) is 0 Å². The van der Waals surface area contributed by atoms with Gasteiger partial charge in [0.2, 0.25) is 5.91 Å². The van der Waals surface area contributed by atoms with Crippen LogP contribution in [0.15, 0.2) is 54.9 Å². The predicted molar refractivity (Wildman–Crippen MR) is 158 cm³/mol. The third-order valence-corrected chi connectivity index (χ3v) is 6.66. The molecule has 0 saturated carbocycles. The van der Waals surface area contributed by atoms with E-state index in [2.05, 4.69) is 38.5 Å². The first-order chi connectivity index (χ1) is 19.5. The van der Waals surface area contributed by atoms with Crippen LogP contribution < -0.4 is 15.4 Å². The van der Waals surface area contributed by atoms with E-state index in [1.807, 2.05) is 26.0 Å². The van der Waals surface area contributed by atoms with E-state index >= 15 is 0 Å². The molecule has 4 rings (SSSR count). The molecule has 0 radical (unpaired) electrons. The first kappa shape index (κ1) is 30.4. The summed E-state index contributed by atoms with van der Waals surface area (Å²) in [5, 5.41) is 15.0. The molecule has 40 heavy (non-hydrogen) atoms. The van der Waals surface area contributed by atoms with Crippen LogP contribution in [0.5, 0.6) is 5.75 Å². The number of unbranched alkanes of at least 4 members (excludes halogenated alkanes) is 2. The lowest BCUT2D eigenvalue weighted by atomic mass is 10.2. The number of rotatable bonds is 10. The van der Waals surface area contributed by atoms with Gasteiger partial charge in [-0.15, -0.1) is 11.3 Å². The molecular weight excluding hydrogens is 549 g/mol. The van der Waals surface area contributed by atoms with E-state index in [4.69, 9.17) is 21.6 Å². The highest BCUT2D eigenvalue weighted by atomic mass is 35.5. The lowest BCUT2D eigenvalue weighted by Gasteiger charge is -2.11. The van der Waals surface area contributed by atoms with Crippen LogP contribution in [0.1, 0.15) is 50.0 Å². The van der Waals surface area contributed by atoms with Gasteiger partial charge in [-0.05, 0) is 54.8 Å². The number of nitriles is 1. The molecular formula is C30H29ClFN5O2S. The summed E-state index contributed by atoms with van der Waals surface area (Å²) in [6.07, 6.45) is 3.73. The first-order valence-corrected chi connectivity index (χ1v) is 14.0. The Bertz CT molecular complexity index is 1540. The Labute approximate surface area is 242 Å². The van der Waals surface area contributed by atoms with E-state index < -0.39 is 0 Å². The van der Waals surface area contributed by atoms with Gasteiger partial charge >= 0.3 is 0 Å². The number of aromatic nitrogens is 2. The highest BCUT2D eigenvalue weighted by Crippen LogP contribution is 2.33.